The quantitative estimate of drug-likeness (QED) is 0.406. The van der Waals surface area contributed by atoms with Gasteiger partial charge in [0.1, 0.15) is 6.61 Å². The van der Waals surface area contributed by atoms with E-state index in [1.807, 2.05) is 26.2 Å². The number of carbonyl (C=O) groups excluding carboxylic acids is 1. The normalized spacial score (nSPS) is 18.1. The van der Waals surface area contributed by atoms with Crippen LogP contribution >= 0.6 is 0 Å². The largest absolute Gasteiger partial charge is 0.458 e. The van der Waals surface area contributed by atoms with Crippen LogP contribution in [0.1, 0.15) is 30.0 Å². The molecule has 2 aromatic carbocycles. The lowest BCUT2D eigenvalue weighted by Crippen LogP contribution is -2.44. The van der Waals surface area contributed by atoms with Crippen molar-refractivity contribution < 1.29 is 14.6 Å². The molecule has 0 aliphatic carbocycles. The van der Waals surface area contributed by atoms with E-state index in [1.165, 1.54) is 0 Å². The molecule has 35 heavy (non-hydrogen) atoms. The van der Waals surface area contributed by atoms with E-state index in [1.54, 1.807) is 17.6 Å². The molecule has 0 radical (unpaired) electrons. The number of ether oxygens (including phenoxy) is 1. The number of carbonyl (C=O) groups is 1. The molecule has 4 aromatic rings. The molecule has 0 amide bonds. The first-order valence-electron chi connectivity index (χ1n) is 11.7. The van der Waals surface area contributed by atoms with Gasteiger partial charge in [0.05, 0.1) is 29.0 Å². The molecule has 0 spiro atoms. The summed E-state index contributed by atoms with van der Waals surface area (Å²) >= 11 is 0. The van der Waals surface area contributed by atoms with Crippen molar-refractivity contribution in [2.75, 3.05) is 19.0 Å². The van der Waals surface area contributed by atoms with E-state index in [-0.39, 0.29) is 18.6 Å². The average Bonchev–Trinajstić information content (AvgIpc) is 3.22. The summed E-state index contributed by atoms with van der Waals surface area (Å²) < 4.78 is 6.80. The number of benzene rings is 2. The highest BCUT2D eigenvalue weighted by Crippen LogP contribution is 2.39. The molecular weight excluding hydrogens is 442 g/mol. The number of fused-ring (bicyclic) bond motifs is 5. The summed E-state index contributed by atoms with van der Waals surface area (Å²) in [6.45, 7) is 1.96. The molecule has 6 rings (SSSR count). The zero-order chi connectivity index (χ0) is 24.5. The third-order valence-electron chi connectivity index (χ3n) is 7.22. The van der Waals surface area contributed by atoms with Crippen LogP contribution < -0.4 is 10.5 Å². The van der Waals surface area contributed by atoms with Crippen molar-refractivity contribution in [2.24, 2.45) is 0 Å². The first kappa shape index (κ1) is 21.6. The fraction of sp³-hybridized carbons (Fsp3) is 0.250. The number of rotatable bonds is 3. The predicted octanol–water partition coefficient (Wildman–Crippen LogP) is 3.81. The minimum Gasteiger partial charge on any atom is -0.458 e. The molecule has 1 atom stereocenters. The van der Waals surface area contributed by atoms with Gasteiger partial charge in [-0.25, -0.2) is 9.78 Å². The molecule has 0 bridgehead atoms. The van der Waals surface area contributed by atoms with Crippen LogP contribution in [0.5, 0.6) is 0 Å². The summed E-state index contributed by atoms with van der Waals surface area (Å²) in [4.78, 5) is 32.6. The maximum absolute atomic E-state index is 13.3. The Labute approximate surface area is 202 Å². The second-order valence-electron chi connectivity index (χ2n) is 9.45. The first-order valence-corrected chi connectivity index (χ1v) is 11.7. The van der Waals surface area contributed by atoms with E-state index in [9.17, 15) is 14.7 Å². The molecule has 7 heteroatoms. The van der Waals surface area contributed by atoms with Crippen LogP contribution in [-0.4, -0.2) is 34.7 Å². The van der Waals surface area contributed by atoms with Crippen molar-refractivity contribution in [2.45, 2.75) is 32.1 Å². The second kappa shape index (κ2) is 7.52. The first-order chi connectivity index (χ1) is 16.8. The number of hydrogen-bond acceptors (Lipinski definition) is 6. The summed E-state index contributed by atoms with van der Waals surface area (Å²) in [5.74, 6) is -0.715. The van der Waals surface area contributed by atoms with Crippen LogP contribution in [0.2, 0.25) is 0 Å². The van der Waals surface area contributed by atoms with Gasteiger partial charge in [-0.1, -0.05) is 25.1 Å². The second-order valence-corrected chi connectivity index (χ2v) is 9.45. The zero-order valence-electron chi connectivity index (χ0n) is 19.8. The Balaban J connectivity index is 1.46. The maximum atomic E-state index is 13.3. The molecular formula is C28H25N3O4. The molecule has 4 heterocycles. The van der Waals surface area contributed by atoms with Crippen LogP contribution in [0.25, 0.3) is 33.4 Å². The molecule has 0 saturated heterocycles. The molecule has 7 nitrogen and oxygen atoms in total. The van der Waals surface area contributed by atoms with Crippen LogP contribution in [0.15, 0.2) is 59.4 Å². The monoisotopic (exact) mass is 467 g/mol. The smallest absolute Gasteiger partial charge is 0.343 e. The van der Waals surface area contributed by atoms with Crippen molar-refractivity contribution in [1.29, 1.82) is 0 Å². The fourth-order valence-electron chi connectivity index (χ4n) is 5.12. The molecule has 2 aliphatic rings. The number of aliphatic hydroxyl groups is 1. The van der Waals surface area contributed by atoms with Gasteiger partial charge < -0.3 is 19.3 Å². The van der Waals surface area contributed by atoms with Crippen LogP contribution in [0.3, 0.4) is 0 Å². The van der Waals surface area contributed by atoms with Gasteiger partial charge in [-0.05, 0) is 53.9 Å². The lowest BCUT2D eigenvalue weighted by atomic mass is 9.86. The highest BCUT2D eigenvalue weighted by molar-refractivity contribution is 5.89. The highest BCUT2D eigenvalue weighted by atomic mass is 16.6. The standard InChI is InChI=1S/C28H25N3O4/c1-4-28(34)22-13-24-25-19(14-31(24)26(32)21(22)15-35-27(28)33)12-18-11-17(7-10-23(18)29-25)16-5-8-20(9-6-16)30(2)3/h5-13,34H,4,14-15H2,1-3H3/t28-/m0/s1. The van der Waals surface area contributed by atoms with E-state index in [2.05, 4.69) is 41.3 Å². The predicted molar refractivity (Wildman–Crippen MR) is 134 cm³/mol. The van der Waals surface area contributed by atoms with Crippen LogP contribution in [0, 0.1) is 0 Å². The molecule has 1 N–H and O–H groups in total. The minimum atomic E-state index is -1.82. The van der Waals surface area contributed by atoms with Gasteiger partial charge in [-0.3, -0.25) is 4.79 Å². The minimum absolute atomic E-state index is 0.123. The van der Waals surface area contributed by atoms with Crippen molar-refractivity contribution in [3.63, 3.8) is 0 Å². The summed E-state index contributed by atoms with van der Waals surface area (Å²) in [6.07, 6.45) is 0.123. The van der Waals surface area contributed by atoms with E-state index in [0.29, 0.717) is 29.1 Å². The Bertz CT molecular complexity index is 1590. The summed E-state index contributed by atoms with van der Waals surface area (Å²) in [5, 5.41) is 12.0. The van der Waals surface area contributed by atoms with E-state index < -0.39 is 11.6 Å². The molecule has 2 aromatic heterocycles. The fourth-order valence-corrected chi connectivity index (χ4v) is 5.12. The van der Waals surface area contributed by atoms with Gasteiger partial charge in [0.25, 0.3) is 5.56 Å². The number of nitrogens with zero attached hydrogens (tertiary/aromatic N) is 3. The molecule has 2 aliphatic heterocycles. The number of anilines is 1. The number of pyridine rings is 2. The van der Waals surface area contributed by atoms with Crippen molar-refractivity contribution >= 4 is 22.6 Å². The lowest BCUT2D eigenvalue weighted by molar-refractivity contribution is -0.172. The maximum Gasteiger partial charge on any atom is 0.343 e. The molecule has 0 unspecified atom stereocenters. The number of cyclic esters (lactones) is 1. The van der Waals surface area contributed by atoms with Gasteiger partial charge in [0.2, 0.25) is 0 Å². The number of esters is 1. The Kier molecular flexibility index (Phi) is 4.63. The van der Waals surface area contributed by atoms with Gasteiger partial charge in [0, 0.05) is 36.3 Å². The summed E-state index contributed by atoms with van der Waals surface area (Å²) in [7, 11) is 4.04. The zero-order valence-corrected chi connectivity index (χ0v) is 19.8. The highest BCUT2D eigenvalue weighted by Gasteiger charge is 2.45. The number of aromatic nitrogens is 2. The lowest BCUT2D eigenvalue weighted by Gasteiger charge is -2.31. The topological polar surface area (TPSA) is 84.7 Å². The molecule has 0 saturated carbocycles. The van der Waals surface area contributed by atoms with E-state index in [0.717, 1.165) is 33.3 Å². The summed E-state index contributed by atoms with van der Waals surface area (Å²) in [5.41, 5.74) is 5.03. The Morgan fingerprint density at radius 2 is 1.80 bits per heavy atom. The van der Waals surface area contributed by atoms with Crippen molar-refractivity contribution in [3.8, 4) is 22.5 Å². The molecule has 176 valence electrons. The summed E-state index contributed by atoms with van der Waals surface area (Å²) in [6, 6.07) is 18.4. The third-order valence-corrected chi connectivity index (χ3v) is 7.22. The van der Waals surface area contributed by atoms with Gasteiger partial charge in [-0.15, -0.1) is 0 Å². The Morgan fingerprint density at radius 1 is 1.06 bits per heavy atom. The van der Waals surface area contributed by atoms with E-state index in [4.69, 9.17) is 9.72 Å². The Morgan fingerprint density at radius 3 is 2.51 bits per heavy atom. The Hall–Kier alpha value is -3.97. The average molecular weight is 468 g/mol. The van der Waals surface area contributed by atoms with Gasteiger partial charge >= 0.3 is 5.97 Å². The van der Waals surface area contributed by atoms with Crippen molar-refractivity contribution in [3.05, 3.63) is 81.6 Å². The van der Waals surface area contributed by atoms with E-state index >= 15 is 0 Å². The number of hydrogen-bond donors (Lipinski definition) is 1. The van der Waals surface area contributed by atoms with Gasteiger partial charge in [-0.2, -0.15) is 0 Å². The third kappa shape index (κ3) is 3.12. The molecule has 0 fully saturated rings. The SMILES string of the molecule is CC[C@@]1(O)C(=O)OCc2c1cc1n(c2=O)Cc2cc3cc(-c4ccc(N(C)C)cc4)ccc3nc2-1. The van der Waals surface area contributed by atoms with Gasteiger partial charge in [0.15, 0.2) is 5.60 Å². The van der Waals surface area contributed by atoms with Crippen LogP contribution in [-0.2, 0) is 28.3 Å². The van der Waals surface area contributed by atoms with Crippen molar-refractivity contribution in [1.82, 2.24) is 9.55 Å². The van der Waals surface area contributed by atoms with Crippen LogP contribution in [0.4, 0.5) is 5.69 Å².